The molecule has 0 amide bonds. The fraction of sp³-hybridized carbons (Fsp3) is 0.600. The molecule has 2 nitrogen and oxygen atoms in total. The second kappa shape index (κ2) is 5.37. The smallest absolute Gasteiger partial charge is 0.123 e. The Bertz CT molecular complexity index is 409. The zero-order valence-corrected chi connectivity index (χ0v) is 11.4. The van der Waals surface area contributed by atoms with Crippen LogP contribution in [0.1, 0.15) is 42.9 Å². The summed E-state index contributed by atoms with van der Waals surface area (Å²) in [6.45, 7) is 1.96. The molecule has 18 heavy (non-hydrogen) atoms. The van der Waals surface area contributed by atoms with Crippen LogP contribution in [-0.2, 0) is 4.74 Å². The van der Waals surface area contributed by atoms with Gasteiger partial charge in [-0.15, -0.1) is 0 Å². The molecule has 0 radical (unpaired) electrons. The molecular formula is C15H22FNO. The minimum atomic E-state index is -0.170. The van der Waals surface area contributed by atoms with E-state index >= 15 is 0 Å². The number of halogens is 1. The third kappa shape index (κ3) is 2.57. The minimum Gasteiger partial charge on any atom is -0.378 e. The van der Waals surface area contributed by atoms with Crippen molar-refractivity contribution in [3.63, 3.8) is 0 Å². The zero-order valence-electron chi connectivity index (χ0n) is 11.4. The topological polar surface area (TPSA) is 21.3 Å². The van der Waals surface area contributed by atoms with Crippen molar-refractivity contribution in [2.24, 2.45) is 0 Å². The third-order valence-corrected chi connectivity index (χ3v) is 4.23. The SMILES string of the molecule is CNC(CC1(OC)CCC1)c1ccc(F)cc1C. The Kier molecular flexibility index (Phi) is 4.03. The Hall–Kier alpha value is -0.930. The maximum atomic E-state index is 13.2. The van der Waals surface area contributed by atoms with Crippen molar-refractivity contribution in [2.45, 2.75) is 44.2 Å². The Morgan fingerprint density at radius 3 is 2.61 bits per heavy atom. The molecule has 0 aromatic heterocycles. The van der Waals surface area contributed by atoms with E-state index in [9.17, 15) is 4.39 Å². The van der Waals surface area contributed by atoms with Gasteiger partial charge in [-0.2, -0.15) is 0 Å². The number of hydrogen-bond donors (Lipinski definition) is 1. The molecule has 1 aromatic rings. The summed E-state index contributed by atoms with van der Waals surface area (Å²) in [5.74, 6) is -0.170. The van der Waals surface area contributed by atoms with Crippen molar-refractivity contribution < 1.29 is 9.13 Å². The molecule has 1 atom stereocenters. The molecule has 0 saturated heterocycles. The summed E-state index contributed by atoms with van der Waals surface area (Å²) in [6, 6.07) is 5.24. The van der Waals surface area contributed by atoms with Gasteiger partial charge in [-0.1, -0.05) is 6.07 Å². The van der Waals surface area contributed by atoms with Crippen LogP contribution >= 0.6 is 0 Å². The first kappa shape index (κ1) is 13.5. The number of ether oxygens (including phenoxy) is 1. The minimum absolute atomic E-state index is 0.0223. The number of aryl methyl sites for hydroxylation is 1. The Balaban J connectivity index is 2.17. The van der Waals surface area contributed by atoms with Gasteiger partial charge in [0.1, 0.15) is 5.82 Å². The number of nitrogens with one attached hydrogen (secondary N) is 1. The van der Waals surface area contributed by atoms with Crippen molar-refractivity contribution in [1.82, 2.24) is 5.32 Å². The third-order valence-electron chi connectivity index (χ3n) is 4.23. The molecule has 2 rings (SSSR count). The molecule has 0 spiro atoms. The van der Waals surface area contributed by atoms with Crippen LogP contribution in [0.5, 0.6) is 0 Å². The highest BCUT2D eigenvalue weighted by molar-refractivity contribution is 5.30. The molecule has 1 aromatic carbocycles. The molecule has 0 aliphatic heterocycles. The highest BCUT2D eigenvalue weighted by Gasteiger charge is 2.39. The summed E-state index contributed by atoms with van der Waals surface area (Å²) in [5.41, 5.74) is 2.19. The second-order valence-corrected chi connectivity index (χ2v) is 5.29. The van der Waals surface area contributed by atoms with Crippen LogP contribution in [0.25, 0.3) is 0 Å². The summed E-state index contributed by atoms with van der Waals surface area (Å²) in [4.78, 5) is 0. The summed E-state index contributed by atoms with van der Waals surface area (Å²) in [7, 11) is 3.75. The molecule has 3 heteroatoms. The maximum Gasteiger partial charge on any atom is 0.123 e. The van der Waals surface area contributed by atoms with E-state index in [0.717, 1.165) is 24.8 Å². The monoisotopic (exact) mass is 251 g/mol. The average Bonchev–Trinajstić information content (AvgIpc) is 2.30. The van der Waals surface area contributed by atoms with Gasteiger partial charge >= 0.3 is 0 Å². The normalized spacial score (nSPS) is 19.3. The van der Waals surface area contributed by atoms with Gasteiger partial charge in [0, 0.05) is 13.2 Å². The first-order valence-corrected chi connectivity index (χ1v) is 6.59. The van der Waals surface area contributed by atoms with Gasteiger partial charge in [-0.05, 0) is 62.9 Å². The largest absolute Gasteiger partial charge is 0.378 e. The fourth-order valence-electron chi connectivity index (χ4n) is 2.83. The molecule has 1 aliphatic rings. The number of rotatable bonds is 5. The summed E-state index contributed by atoms with van der Waals surface area (Å²) < 4.78 is 18.8. The van der Waals surface area contributed by atoms with Crippen molar-refractivity contribution >= 4 is 0 Å². The number of hydrogen-bond acceptors (Lipinski definition) is 2. The van der Waals surface area contributed by atoms with Gasteiger partial charge in [0.15, 0.2) is 0 Å². The van der Waals surface area contributed by atoms with Crippen molar-refractivity contribution in [1.29, 1.82) is 0 Å². The Morgan fingerprint density at radius 1 is 1.44 bits per heavy atom. The molecule has 1 N–H and O–H groups in total. The van der Waals surface area contributed by atoms with Gasteiger partial charge < -0.3 is 10.1 Å². The van der Waals surface area contributed by atoms with Gasteiger partial charge in [0.05, 0.1) is 5.60 Å². The van der Waals surface area contributed by atoms with Crippen molar-refractivity contribution in [3.05, 3.63) is 35.1 Å². The van der Waals surface area contributed by atoms with Crippen LogP contribution in [0.3, 0.4) is 0 Å². The van der Waals surface area contributed by atoms with Crippen LogP contribution in [0.15, 0.2) is 18.2 Å². The molecule has 1 saturated carbocycles. The predicted octanol–water partition coefficient (Wildman–Crippen LogP) is 3.35. The first-order valence-electron chi connectivity index (χ1n) is 6.59. The van der Waals surface area contributed by atoms with E-state index in [0.29, 0.717) is 0 Å². The molecule has 100 valence electrons. The standard InChI is InChI=1S/C15H22FNO/c1-11-9-12(16)5-6-13(11)14(17-2)10-15(18-3)7-4-8-15/h5-6,9,14,17H,4,7-8,10H2,1-3H3. The Morgan fingerprint density at radius 2 is 2.17 bits per heavy atom. The number of methoxy groups -OCH3 is 1. The van der Waals surface area contributed by atoms with E-state index in [1.807, 2.05) is 20.0 Å². The fourth-order valence-corrected chi connectivity index (χ4v) is 2.83. The lowest BCUT2D eigenvalue weighted by Gasteiger charge is -2.43. The van der Waals surface area contributed by atoms with E-state index in [1.54, 1.807) is 13.2 Å². The van der Waals surface area contributed by atoms with Crippen molar-refractivity contribution in [2.75, 3.05) is 14.2 Å². The summed E-state index contributed by atoms with van der Waals surface area (Å²) >= 11 is 0. The van der Waals surface area contributed by atoms with Crippen LogP contribution in [-0.4, -0.2) is 19.8 Å². The molecule has 1 fully saturated rings. The summed E-state index contributed by atoms with van der Waals surface area (Å²) in [6.07, 6.45) is 4.45. The lowest BCUT2D eigenvalue weighted by Crippen LogP contribution is -2.42. The van der Waals surface area contributed by atoms with E-state index in [1.165, 1.54) is 18.1 Å². The highest BCUT2D eigenvalue weighted by Crippen LogP contribution is 2.42. The van der Waals surface area contributed by atoms with Crippen molar-refractivity contribution in [3.8, 4) is 0 Å². The highest BCUT2D eigenvalue weighted by atomic mass is 19.1. The second-order valence-electron chi connectivity index (χ2n) is 5.29. The molecule has 0 bridgehead atoms. The molecule has 1 unspecified atom stereocenters. The predicted molar refractivity (Wildman–Crippen MR) is 71.1 cm³/mol. The average molecular weight is 251 g/mol. The zero-order chi connectivity index (χ0) is 13.2. The van der Waals surface area contributed by atoms with E-state index in [2.05, 4.69) is 5.32 Å². The maximum absolute atomic E-state index is 13.2. The van der Waals surface area contributed by atoms with Gasteiger partial charge in [0.2, 0.25) is 0 Å². The summed E-state index contributed by atoms with van der Waals surface area (Å²) in [5, 5.41) is 3.33. The quantitative estimate of drug-likeness (QED) is 0.866. The van der Waals surface area contributed by atoms with E-state index in [4.69, 9.17) is 4.74 Å². The first-order chi connectivity index (χ1) is 8.60. The van der Waals surface area contributed by atoms with Crippen LogP contribution < -0.4 is 5.32 Å². The lowest BCUT2D eigenvalue weighted by atomic mass is 9.74. The molecule has 0 heterocycles. The van der Waals surface area contributed by atoms with Crippen LogP contribution in [0.4, 0.5) is 4.39 Å². The van der Waals surface area contributed by atoms with Gasteiger partial charge in [0.25, 0.3) is 0 Å². The molecular weight excluding hydrogens is 229 g/mol. The molecule has 1 aliphatic carbocycles. The Labute approximate surface area is 109 Å². The number of benzene rings is 1. The lowest BCUT2D eigenvalue weighted by molar-refractivity contribution is -0.0834. The van der Waals surface area contributed by atoms with Crippen LogP contribution in [0, 0.1) is 12.7 Å². The van der Waals surface area contributed by atoms with E-state index < -0.39 is 0 Å². The van der Waals surface area contributed by atoms with E-state index in [-0.39, 0.29) is 17.5 Å². The van der Waals surface area contributed by atoms with Crippen LogP contribution in [0.2, 0.25) is 0 Å². The van der Waals surface area contributed by atoms with Gasteiger partial charge in [-0.25, -0.2) is 4.39 Å². The van der Waals surface area contributed by atoms with Gasteiger partial charge in [-0.3, -0.25) is 0 Å².